The summed E-state index contributed by atoms with van der Waals surface area (Å²) in [5, 5.41) is 3.93. The molecule has 0 spiro atoms. The van der Waals surface area contributed by atoms with Crippen LogP contribution in [0.4, 0.5) is 14.6 Å². The Morgan fingerprint density at radius 3 is 2.39 bits per heavy atom. The highest BCUT2D eigenvalue weighted by atomic mass is 32.2. The Hall–Kier alpha value is -4.71. The maximum atomic E-state index is 15.4. The quantitative estimate of drug-likeness (QED) is 0.318. The first-order chi connectivity index (χ1) is 18.2. The van der Waals surface area contributed by atoms with Crippen LogP contribution in [0, 0.1) is 11.6 Å². The van der Waals surface area contributed by atoms with Gasteiger partial charge in [0.1, 0.15) is 17.8 Å². The molecule has 2 heterocycles. The third-order valence-electron chi connectivity index (χ3n) is 5.82. The molecule has 1 N–H and O–H groups in total. The molecular formula is C26H19F2N3O6S. The van der Waals surface area contributed by atoms with Crippen LogP contribution in [0.15, 0.2) is 87.2 Å². The fourth-order valence-electron chi connectivity index (χ4n) is 4.03. The van der Waals surface area contributed by atoms with E-state index < -0.39 is 27.2 Å². The zero-order chi connectivity index (χ0) is 27.0. The average Bonchev–Trinajstić information content (AvgIpc) is 3.41. The predicted molar refractivity (Wildman–Crippen MR) is 135 cm³/mol. The molecule has 0 radical (unpaired) electrons. The second-order valence-corrected chi connectivity index (χ2v) is 9.75. The molecule has 0 bridgehead atoms. The van der Waals surface area contributed by atoms with Crippen LogP contribution in [0.25, 0.3) is 27.7 Å². The largest absolute Gasteiger partial charge is 0.495 e. The van der Waals surface area contributed by atoms with Gasteiger partial charge in [0, 0.05) is 29.1 Å². The Labute approximate surface area is 214 Å². The van der Waals surface area contributed by atoms with Crippen molar-refractivity contribution in [2.75, 3.05) is 18.9 Å². The number of fused-ring (bicyclic) bond motifs is 1. The molecule has 0 saturated heterocycles. The Bertz CT molecular complexity index is 1840. The number of nitrogens with zero attached hydrogens (tertiary/aromatic N) is 2. The minimum Gasteiger partial charge on any atom is -0.495 e. The van der Waals surface area contributed by atoms with E-state index in [-0.39, 0.29) is 33.5 Å². The van der Waals surface area contributed by atoms with Crippen LogP contribution in [0.5, 0.6) is 11.5 Å². The molecule has 194 valence electrons. The van der Waals surface area contributed by atoms with Crippen molar-refractivity contribution in [3.63, 3.8) is 0 Å². The van der Waals surface area contributed by atoms with Crippen LogP contribution < -0.4 is 19.8 Å². The van der Waals surface area contributed by atoms with Gasteiger partial charge in [-0.2, -0.15) is 0 Å². The summed E-state index contributed by atoms with van der Waals surface area (Å²) in [5.74, 6) is -1.19. The fraction of sp³-hybridized carbons (Fsp3) is 0.0769. The van der Waals surface area contributed by atoms with E-state index in [2.05, 4.69) is 14.4 Å². The molecule has 5 rings (SSSR count). The van der Waals surface area contributed by atoms with Gasteiger partial charge in [0.25, 0.3) is 15.6 Å². The van der Waals surface area contributed by atoms with Crippen LogP contribution in [0.2, 0.25) is 0 Å². The lowest BCUT2D eigenvalue weighted by Crippen LogP contribution is -2.19. The summed E-state index contributed by atoms with van der Waals surface area (Å²) in [7, 11) is -1.34. The first-order valence-corrected chi connectivity index (χ1v) is 12.5. The smallest absolute Gasteiger partial charge is 0.263 e. The highest BCUT2D eigenvalue weighted by Gasteiger charge is 2.20. The van der Waals surface area contributed by atoms with Gasteiger partial charge in [-0.1, -0.05) is 11.2 Å². The van der Waals surface area contributed by atoms with Gasteiger partial charge in [0.05, 0.1) is 30.3 Å². The number of nitrogens with one attached hydrogen (secondary N) is 1. The highest BCUT2D eigenvalue weighted by Crippen LogP contribution is 2.35. The maximum absolute atomic E-state index is 15.4. The van der Waals surface area contributed by atoms with Gasteiger partial charge < -0.3 is 14.0 Å². The maximum Gasteiger partial charge on any atom is 0.263 e. The van der Waals surface area contributed by atoms with E-state index in [1.807, 2.05) is 0 Å². The standard InChI is InChI=1S/C26H19F2N3O6S/c1-35-23-12-15(3-6-19(23)27)18-13-24(36-2)22(14-20(18)28)31-21-7-5-17(11-16(21)4-8-26(31)32)38(33,34)30-25-9-10-37-29-25/h3-14H,1-2H3,(H,29,30). The highest BCUT2D eigenvalue weighted by molar-refractivity contribution is 7.92. The Kier molecular flexibility index (Phi) is 6.33. The third-order valence-corrected chi connectivity index (χ3v) is 7.18. The molecule has 0 unspecified atom stereocenters. The van der Waals surface area contributed by atoms with E-state index >= 15 is 4.39 Å². The lowest BCUT2D eigenvalue weighted by atomic mass is 10.0. The van der Waals surface area contributed by atoms with Crippen molar-refractivity contribution in [1.29, 1.82) is 0 Å². The number of benzene rings is 3. The number of rotatable bonds is 7. The molecule has 9 nitrogen and oxygen atoms in total. The van der Waals surface area contributed by atoms with Gasteiger partial charge in [-0.05, 0) is 48.0 Å². The molecule has 12 heteroatoms. The van der Waals surface area contributed by atoms with Crippen LogP contribution in [0.1, 0.15) is 0 Å². The predicted octanol–water partition coefficient (Wildman–Crippen LogP) is 4.74. The van der Waals surface area contributed by atoms with Crippen LogP contribution in [-0.4, -0.2) is 32.4 Å². The van der Waals surface area contributed by atoms with Crippen LogP contribution >= 0.6 is 0 Å². The molecule has 0 aliphatic rings. The molecule has 5 aromatic rings. The SMILES string of the molecule is COc1cc(-c2cc(OC)c(-n3c(=O)ccc4cc(S(=O)(=O)Nc5ccon5)ccc43)cc2F)ccc1F. The van der Waals surface area contributed by atoms with E-state index in [9.17, 15) is 17.6 Å². The van der Waals surface area contributed by atoms with E-state index in [4.69, 9.17) is 9.47 Å². The Morgan fingerprint density at radius 1 is 0.895 bits per heavy atom. The number of methoxy groups -OCH3 is 2. The van der Waals surface area contributed by atoms with Gasteiger partial charge in [-0.15, -0.1) is 0 Å². The second kappa shape index (κ2) is 9.63. The minimum absolute atomic E-state index is 0.00847. The summed E-state index contributed by atoms with van der Waals surface area (Å²) in [6.07, 6.45) is 1.22. The summed E-state index contributed by atoms with van der Waals surface area (Å²) >= 11 is 0. The van der Waals surface area contributed by atoms with Crippen LogP contribution in [0.3, 0.4) is 0 Å². The van der Waals surface area contributed by atoms with Gasteiger partial charge in [-0.25, -0.2) is 17.2 Å². The lowest BCUT2D eigenvalue weighted by Gasteiger charge is -2.17. The number of ether oxygens (including phenoxy) is 2. The van der Waals surface area contributed by atoms with Crippen molar-refractivity contribution < 1.29 is 31.2 Å². The van der Waals surface area contributed by atoms with E-state index in [0.717, 1.165) is 12.1 Å². The number of sulfonamides is 1. The van der Waals surface area contributed by atoms with Crippen molar-refractivity contribution in [1.82, 2.24) is 9.72 Å². The van der Waals surface area contributed by atoms with Crippen molar-refractivity contribution >= 4 is 26.7 Å². The van der Waals surface area contributed by atoms with Gasteiger partial charge in [0.15, 0.2) is 17.4 Å². The number of anilines is 1. The normalized spacial score (nSPS) is 11.5. The van der Waals surface area contributed by atoms with Crippen molar-refractivity contribution in [3.05, 3.63) is 95.0 Å². The first kappa shape index (κ1) is 25.0. The summed E-state index contributed by atoms with van der Waals surface area (Å²) < 4.78 is 73.5. The Balaban J connectivity index is 1.64. The number of halogens is 2. The molecular weight excluding hydrogens is 520 g/mol. The zero-order valence-corrected chi connectivity index (χ0v) is 20.8. The van der Waals surface area contributed by atoms with E-state index in [1.54, 1.807) is 0 Å². The third kappa shape index (κ3) is 4.45. The van der Waals surface area contributed by atoms with Gasteiger partial charge in [0.2, 0.25) is 0 Å². The van der Waals surface area contributed by atoms with Crippen molar-refractivity contribution in [2.45, 2.75) is 4.90 Å². The topological polar surface area (TPSA) is 113 Å². The van der Waals surface area contributed by atoms with Crippen molar-refractivity contribution in [2.24, 2.45) is 0 Å². The summed E-state index contributed by atoms with van der Waals surface area (Å²) in [5.41, 5.74) is 0.346. The molecule has 0 aliphatic heterocycles. The molecule has 38 heavy (non-hydrogen) atoms. The number of hydrogen-bond donors (Lipinski definition) is 1. The summed E-state index contributed by atoms with van der Waals surface area (Å²) in [6.45, 7) is 0. The van der Waals surface area contributed by atoms with E-state index in [0.29, 0.717) is 16.5 Å². The van der Waals surface area contributed by atoms with Crippen LogP contribution in [-0.2, 0) is 10.0 Å². The molecule has 2 aromatic heterocycles. The lowest BCUT2D eigenvalue weighted by molar-refractivity contribution is 0.386. The Morgan fingerprint density at radius 2 is 1.68 bits per heavy atom. The van der Waals surface area contributed by atoms with Gasteiger partial charge in [-0.3, -0.25) is 14.1 Å². The molecule has 3 aromatic carbocycles. The first-order valence-electron chi connectivity index (χ1n) is 11.0. The average molecular weight is 540 g/mol. The van der Waals surface area contributed by atoms with E-state index in [1.165, 1.54) is 79.6 Å². The molecule has 0 atom stereocenters. The number of pyridine rings is 1. The second-order valence-electron chi connectivity index (χ2n) is 8.07. The molecule has 0 fully saturated rings. The fourth-order valence-corrected chi connectivity index (χ4v) is 5.06. The summed E-state index contributed by atoms with van der Waals surface area (Å²) in [6, 6.07) is 14.6. The number of aromatic nitrogens is 2. The molecule has 0 amide bonds. The summed E-state index contributed by atoms with van der Waals surface area (Å²) in [4.78, 5) is 12.9. The zero-order valence-electron chi connectivity index (χ0n) is 19.9. The van der Waals surface area contributed by atoms with Gasteiger partial charge >= 0.3 is 0 Å². The monoisotopic (exact) mass is 539 g/mol. The van der Waals surface area contributed by atoms with Crippen molar-refractivity contribution in [3.8, 4) is 28.3 Å². The molecule has 0 saturated carbocycles. The number of hydrogen-bond acceptors (Lipinski definition) is 7. The molecule has 0 aliphatic carbocycles. The minimum atomic E-state index is -4.01.